The molecule has 1 aliphatic rings. The molecule has 1 saturated carbocycles. The highest BCUT2D eigenvalue weighted by Crippen LogP contribution is 2.28. The first kappa shape index (κ1) is 17.2. The van der Waals surface area contributed by atoms with Crippen molar-refractivity contribution in [2.24, 2.45) is 0 Å². The maximum absolute atomic E-state index is 11.8. The molecule has 1 amide bonds. The first-order chi connectivity index (χ1) is 10.2. The van der Waals surface area contributed by atoms with Crippen molar-refractivity contribution in [1.82, 2.24) is 5.32 Å². The number of hydrogen-bond donors (Lipinski definition) is 2. The molecule has 2 unspecified atom stereocenters. The molecule has 2 rings (SSSR count). The van der Waals surface area contributed by atoms with Crippen molar-refractivity contribution >= 4 is 35.0 Å². The number of halogens is 2. The number of hydrogen-bond acceptors (Lipinski definition) is 3. The molecule has 0 spiro atoms. The van der Waals surface area contributed by atoms with Crippen LogP contribution in [0.5, 0.6) is 0 Å². The third-order valence-corrected chi connectivity index (χ3v) is 4.18. The van der Waals surface area contributed by atoms with Crippen molar-refractivity contribution in [3.63, 3.8) is 0 Å². The van der Waals surface area contributed by atoms with Gasteiger partial charge in [0.15, 0.2) is 0 Å². The van der Waals surface area contributed by atoms with Crippen LogP contribution in [0.25, 0.3) is 0 Å². The molecular formula is C16H22Cl2N2O2. The average Bonchev–Trinajstić information content (AvgIpc) is 2.78. The van der Waals surface area contributed by atoms with E-state index >= 15 is 0 Å². The average molecular weight is 345 g/mol. The van der Waals surface area contributed by atoms with E-state index in [4.69, 9.17) is 27.9 Å². The highest BCUT2D eigenvalue weighted by molar-refractivity contribution is 6.42. The van der Waals surface area contributed by atoms with Gasteiger partial charge in [-0.15, -0.1) is 0 Å². The molecule has 2 N–H and O–H groups in total. The molecule has 0 aromatic heterocycles. The van der Waals surface area contributed by atoms with Gasteiger partial charge in [-0.25, -0.2) is 4.79 Å². The second kappa shape index (κ2) is 6.97. The molecule has 2 atom stereocenters. The van der Waals surface area contributed by atoms with Gasteiger partial charge >= 0.3 is 6.09 Å². The lowest BCUT2D eigenvalue weighted by Gasteiger charge is -2.22. The van der Waals surface area contributed by atoms with Crippen molar-refractivity contribution in [2.45, 2.75) is 57.7 Å². The van der Waals surface area contributed by atoms with Gasteiger partial charge in [0.2, 0.25) is 0 Å². The molecule has 0 saturated heterocycles. The Morgan fingerprint density at radius 3 is 2.50 bits per heavy atom. The minimum Gasteiger partial charge on any atom is -0.444 e. The number of ether oxygens (including phenoxy) is 1. The van der Waals surface area contributed by atoms with Gasteiger partial charge < -0.3 is 15.4 Å². The third kappa shape index (κ3) is 5.25. The van der Waals surface area contributed by atoms with E-state index in [9.17, 15) is 4.79 Å². The number of anilines is 1. The van der Waals surface area contributed by atoms with Gasteiger partial charge in [0, 0.05) is 17.8 Å². The van der Waals surface area contributed by atoms with E-state index < -0.39 is 5.60 Å². The largest absolute Gasteiger partial charge is 0.444 e. The Bertz CT molecular complexity index is 543. The second-order valence-electron chi connectivity index (χ2n) is 6.63. The lowest BCUT2D eigenvalue weighted by molar-refractivity contribution is 0.0505. The first-order valence-corrected chi connectivity index (χ1v) is 8.19. The number of carbonyl (C=O) groups is 1. The van der Waals surface area contributed by atoms with Gasteiger partial charge in [0.05, 0.1) is 10.0 Å². The molecule has 0 radical (unpaired) electrons. The van der Waals surface area contributed by atoms with E-state index in [1.165, 1.54) is 0 Å². The molecule has 0 heterocycles. The molecule has 1 fully saturated rings. The maximum atomic E-state index is 11.8. The highest BCUT2D eigenvalue weighted by atomic mass is 35.5. The number of alkyl carbamates (subject to hydrolysis) is 1. The number of carbonyl (C=O) groups excluding carboxylic acids is 1. The standard InChI is InChI=1S/C16H22Cl2N2O2/c1-16(2,3)22-15(21)20-11-5-4-10(8-11)19-12-6-7-13(17)14(18)9-12/h6-7,9-11,19H,4-5,8H2,1-3H3,(H,20,21). The summed E-state index contributed by atoms with van der Waals surface area (Å²) in [5, 5.41) is 7.43. The monoisotopic (exact) mass is 344 g/mol. The fraction of sp³-hybridized carbons (Fsp3) is 0.562. The van der Waals surface area contributed by atoms with Crippen molar-refractivity contribution in [3.8, 4) is 0 Å². The van der Waals surface area contributed by atoms with Gasteiger partial charge in [0.25, 0.3) is 0 Å². The van der Waals surface area contributed by atoms with Crippen LogP contribution in [-0.2, 0) is 4.74 Å². The maximum Gasteiger partial charge on any atom is 0.407 e. The highest BCUT2D eigenvalue weighted by Gasteiger charge is 2.27. The van der Waals surface area contributed by atoms with Gasteiger partial charge in [0.1, 0.15) is 5.60 Å². The summed E-state index contributed by atoms with van der Waals surface area (Å²) in [4.78, 5) is 11.8. The van der Waals surface area contributed by atoms with Crippen LogP contribution in [0, 0.1) is 0 Å². The topological polar surface area (TPSA) is 50.4 Å². The van der Waals surface area contributed by atoms with Crippen molar-refractivity contribution < 1.29 is 9.53 Å². The smallest absolute Gasteiger partial charge is 0.407 e. The number of amides is 1. The molecule has 1 aromatic rings. The summed E-state index contributed by atoms with van der Waals surface area (Å²) in [7, 11) is 0. The first-order valence-electron chi connectivity index (χ1n) is 7.44. The summed E-state index contributed by atoms with van der Waals surface area (Å²) >= 11 is 11.9. The Labute approximate surface area is 141 Å². The van der Waals surface area contributed by atoms with Crippen LogP contribution in [0.3, 0.4) is 0 Å². The zero-order valence-corrected chi connectivity index (χ0v) is 14.6. The summed E-state index contributed by atoms with van der Waals surface area (Å²) in [6.07, 6.45) is 2.42. The molecule has 1 aliphatic carbocycles. The Kier molecular flexibility index (Phi) is 5.45. The van der Waals surface area contributed by atoms with Crippen molar-refractivity contribution in [3.05, 3.63) is 28.2 Å². The zero-order valence-electron chi connectivity index (χ0n) is 13.1. The second-order valence-corrected chi connectivity index (χ2v) is 7.44. The van der Waals surface area contributed by atoms with E-state index in [2.05, 4.69) is 10.6 Å². The minimum absolute atomic E-state index is 0.134. The number of rotatable bonds is 3. The summed E-state index contributed by atoms with van der Waals surface area (Å²) in [6.45, 7) is 5.57. The van der Waals surface area contributed by atoms with Crippen LogP contribution in [-0.4, -0.2) is 23.8 Å². The normalized spacial score (nSPS) is 21.5. The summed E-state index contributed by atoms with van der Waals surface area (Å²) in [5.74, 6) is 0. The van der Waals surface area contributed by atoms with Crippen LogP contribution < -0.4 is 10.6 Å². The van der Waals surface area contributed by atoms with Crippen molar-refractivity contribution in [2.75, 3.05) is 5.32 Å². The van der Waals surface area contributed by atoms with E-state index in [1.807, 2.05) is 32.9 Å². The molecule has 122 valence electrons. The quantitative estimate of drug-likeness (QED) is 0.823. The fourth-order valence-electron chi connectivity index (χ4n) is 2.54. The van der Waals surface area contributed by atoms with Crippen LogP contribution in [0.15, 0.2) is 18.2 Å². The van der Waals surface area contributed by atoms with E-state index in [0.717, 1.165) is 24.9 Å². The zero-order chi connectivity index (χ0) is 16.3. The van der Waals surface area contributed by atoms with Crippen molar-refractivity contribution in [1.29, 1.82) is 0 Å². The molecular weight excluding hydrogens is 323 g/mol. The van der Waals surface area contributed by atoms with Gasteiger partial charge in [-0.1, -0.05) is 23.2 Å². The number of benzene rings is 1. The third-order valence-electron chi connectivity index (χ3n) is 3.44. The summed E-state index contributed by atoms with van der Waals surface area (Å²) < 4.78 is 5.28. The molecule has 22 heavy (non-hydrogen) atoms. The summed E-state index contributed by atoms with van der Waals surface area (Å²) in [5.41, 5.74) is 0.470. The number of nitrogens with one attached hydrogen (secondary N) is 2. The van der Waals surface area contributed by atoms with Crippen LogP contribution in [0.4, 0.5) is 10.5 Å². The SMILES string of the molecule is CC(C)(C)OC(=O)NC1CCC(Nc2ccc(Cl)c(Cl)c2)C1. The van der Waals surface area contributed by atoms with Gasteiger partial charge in [-0.05, 0) is 58.2 Å². The summed E-state index contributed by atoms with van der Waals surface area (Å²) in [6, 6.07) is 5.94. The molecule has 1 aromatic carbocycles. The lowest BCUT2D eigenvalue weighted by atomic mass is 10.2. The molecule has 6 heteroatoms. The Morgan fingerprint density at radius 1 is 1.18 bits per heavy atom. The predicted octanol–water partition coefficient (Wildman–Crippen LogP) is 4.85. The molecule has 0 aliphatic heterocycles. The van der Waals surface area contributed by atoms with E-state index in [-0.39, 0.29) is 12.1 Å². The fourth-order valence-corrected chi connectivity index (χ4v) is 2.84. The van der Waals surface area contributed by atoms with Gasteiger partial charge in [-0.3, -0.25) is 0 Å². The lowest BCUT2D eigenvalue weighted by Crippen LogP contribution is -2.38. The van der Waals surface area contributed by atoms with Crippen LogP contribution >= 0.6 is 23.2 Å². The van der Waals surface area contributed by atoms with E-state index in [0.29, 0.717) is 16.1 Å². The van der Waals surface area contributed by atoms with Gasteiger partial charge in [-0.2, -0.15) is 0 Å². The Morgan fingerprint density at radius 2 is 1.86 bits per heavy atom. The van der Waals surface area contributed by atoms with E-state index in [1.54, 1.807) is 6.07 Å². The Balaban J connectivity index is 1.82. The Hall–Kier alpha value is -1.13. The minimum atomic E-state index is -0.472. The van der Waals surface area contributed by atoms with Crippen LogP contribution in [0.1, 0.15) is 40.0 Å². The molecule has 4 nitrogen and oxygen atoms in total. The predicted molar refractivity (Wildman–Crippen MR) is 90.9 cm³/mol. The van der Waals surface area contributed by atoms with Crippen LogP contribution in [0.2, 0.25) is 10.0 Å². The molecule has 0 bridgehead atoms.